The first kappa shape index (κ1) is 26.5. The molecule has 0 aliphatic carbocycles. The van der Waals surface area contributed by atoms with Gasteiger partial charge >= 0.3 is 0 Å². The molecule has 0 spiro atoms. The van der Waals surface area contributed by atoms with Gasteiger partial charge in [-0.2, -0.15) is 0 Å². The molecule has 1 N–H and O–H groups in total. The third kappa shape index (κ3) is 7.95. The quantitative estimate of drug-likeness (QED) is 0.214. The number of carbonyl (C=O) groups is 1. The summed E-state index contributed by atoms with van der Waals surface area (Å²) < 4.78 is 0. The van der Waals surface area contributed by atoms with Crippen LogP contribution in [0, 0.1) is 5.92 Å². The Bertz CT molecular complexity index is 1140. The van der Waals surface area contributed by atoms with Crippen LogP contribution in [0.25, 0.3) is 0 Å². The van der Waals surface area contributed by atoms with Gasteiger partial charge in [0.15, 0.2) is 5.16 Å². The molecule has 2 heterocycles. The van der Waals surface area contributed by atoms with Crippen molar-refractivity contribution in [3.8, 4) is 0 Å². The van der Waals surface area contributed by atoms with E-state index >= 15 is 0 Å². The lowest BCUT2D eigenvalue weighted by Crippen LogP contribution is -2.46. The largest absolute Gasteiger partial charge is 0.354 e. The van der Waals surface area contributed by atoms with Gasteiger partial charge in [-0.1, -0.05) is 79.7 Å². The van der Waals surface area contributed by atoms with Gasteiger partial charge in [-0.15, -0.1) is 0 Å². The lowest BCUT2D eigenvalue weighted by Gasteiger charge is -2.35. The van der Waals surface area contributed by atoms with Gasteiger partial charge in [-0.3, -0.25) is 9.69 Å². The van der Waals surface area contributed by atoms with Crippen molar-refractivity contribution >= 4 is 35.1 Å². The minimum absolute atomic E-state index is 0.0322. The van der Waals surface area contributed by atoms with E-state index in [9.17, 15) is 4.79 Å². The van der Waals surface area contributed by atoms with Gasteiger partial charge < -0.3 is 10.2 Å². The van der Waals surface area contributed by atoms with E-state index in [0.29, 0.717) is 34.1 Å². The standard InChI is InChI=1S/C28H34ClN5OS/c1-21(2)11-12-30-27(35)24-10-6-9-23(17-24)20-36-28-31-25(29)18-26(32-28)34-15-13-33(14-16-34)19-22-7-4-3-5-8-22/h3-10,17-18,21H,11-16,19-20H2,1-2H3,(H,30,35). The van der Waals surface area contributed by atoms with Crippen molar-refractivity contribution in [1.29, 1.82) is 0 Å². The Kier molecular flexibility index (Phi) is 9.61. The molecule has 6 nitrogen and oxygen atoms in total. The second kappa shape index (κ2) is 13.1. The van der Waals surface area contributed by atoms with E-state index in [1.807, 2.05) is 30.3 Å². The number of thioether (sulfide) groups is 1. The van der Waals surface area contributed by atoms with Crippen LogP contribution in [0.2, 0.25) is 5.15 Å². The molecule has 0 unspecified atom stereocenters. The van der Waals surface area contributed by atoms with Gasteiger partial charge in [-0.25, -0.2) is 9.97 Å². The van der Waals surface area contributed by atoms with Gasteiger partial charge in [0.1, 0.15) is 11.0 Å². The first-order chi connectivity index (χ1) is 17.5. The number of nitrogens with zero attached hydrogens (tertiary/aromatic N) is 4. The molecule has 1 saturated heterocycles. The predicted octanol–water partition coefficient (Wildman–Crippen LogP) is 5.52. The maximum Gasteiger partial charge on any atom is 0.251 e. The number of hydrogen-bond acceptors (Lipinski definition) is 6. The number of halogens is 1. The highest BCUT2D eigenvalue weighted by molar-refractivity contribution is 7.98. The van der Waals surface area contributed by atoms with E-state index in [4.69, 9.17) is 16.6 Å². The Morgan fingerprint density at radius 3 is 2.50 bits per heavy atom. The second-order valence-electron chi connectivity index (χ2n) is 9.51. The summed E-state index contributed by atoms with van der Waals surface area (Å²) in [4.78, 5) is 26.4. The molecule has 1 amide bonds. The summed E-state index contributed by atoms with van der Waals surface area (Å²) in [7, 11) is 0. The molecule has 190 valence electrons. The third-order valence-corrected chi connectivity index (χ3v) is 7.28. The minimum atomic E-state index is -0.0322. The van der Waals surface area contributed by atoms with Crippen molar-refractivity contribution in [2.45, 2.75) is 37.7 Å². The van der Waals surface area contributed by atoms with Crippen LogP contribution >= 0.6 is 23.4 Å². The van der Waals surface area contributed by atoms with E-state index in [1.165, 1.54) is 17.3 Å². The van der Waals surface area contributed by atoms with Gasteiger partial charge in [0.25, 0.3) is 5.91 Å². The molecule has 1 fully saturated rings. The van der Waals surface area contributed by atoms with Gasteiger partial charge in [-0.05, 0) is 35.6 Å². The Balaban J connectivity index is 1.32. The van der Waals surface area contributed by atoms with Crippen LogP contribution in [0.15, 0.2) is 65.8 Å². The molecule has 0 atom stereocenters. The minimum Gasteiger partial charge on any atom is -0.354 e. The lowest BCUT2D eigenvalue weighted by atomic mass is 10.1. The zero-order valence-corrected chi connectivity index (χ0v) is 22.6. The molecule has 0 saturated carbocycles. The van der Waals surface area contributed by atoms with E-state index in [0.717, 1.165) is 50.5 Å². The van der Waals surface area contributed by atoms with Crippen molar-refractivity contribution in [3.63, 3.8) is 0 Å². The molecule has 3 aromatic rings. The molecule has 1 aliphatic heterocycles. The van der Waals surface area contributed by atoms with Crippen molar-refractivity contribution in [2.75, 3.05) is 37.6 Å². The number of aromatic nitrogens is 2. The first-order valence-corrected chi connectivity index (χ1v) is 13.9. The van der Waals surface area contributed by atoms with Crippen molar-refractivity contribution in [3.05, 3.63) is 82.5 Å². The summed E-state index contributed by atoms with van der Waals surface area (Å²) in [6, 6.07) is 20.2. The second-order valence-corrected chi connectivity index (χ2v) is 10.8. The van der Waals surface area contributed by atoms with E-state index in [-0.39, 0.29) is 5.91 Å². The molecule has 0 bridgehead atoms. The number of hydrogen-bond donors (Lipinski definition) is 1. The summed E-state index contributed by atoms with van der Waals surface area (Å²) in [6.07, 6.45) is 0.970. The highest BCUT2D eigenvalue weighted by atomic mass is 35.5. The molecule has 4 rings (SSSR count). The molecular formula is C28H34ClN5OS. The maximum atomic E-state index is 12.5. The van der Waals surface area contributed by atoms with Crippen LogP contribution in [0.4, 0.5) is 5.82 Å². The van der Waals surface area contributed by atoms with Gasteiger partial charge in [0.2, 0.25) is 0 Å². The topological polar surface area (TPSA) is 61.4 Å². The Morgan fingerprint density at radius 1 is 1.00 bits per heavy atom. The van der Waals surface area contributed by atoms with Crippen LogP contribution in [-0.4, -0.2) is 53.5 Å². The fourth-order valence-corrected chi connectivity index (χ4v) is 5.14. The van der Waals surface area contributed by atoms with E-state index in [2.05, 4.69) is 64.3 Å². The van der Waals surface area contributed by atoms with Gasteiger partial charge in [0, 0.05) is 56.7 Å². The average Bonchev–Trinajstić information content (AvgIpc) is 2.88. The highest BCUT2D eigenvalue weighted by Gasteiger charge is 2.19. The molecular weight excluding hydrogens is 490 g/mol. The number of rotatable bonds is 10. The Morgan fingerprint density at radius 2 is 1.75 bits per heavy atom. The SMILES string of the molecule is CC(C)CCNC(=O)c1cccc(CSc2nc(Cl)cc(N3CCN(Cc4ccccc4)CC3)n2)c1. The summed E-state index contributed by atoms with van der Waals surface area (Å²) in [5.41, 5.74) is 3.07. The molecule has 1 aromatic heterocycles. The van der Waals surface area contributed by atoms with E-state index < -0.39 is 0 Å². The molecule has 1 aliphatic rings. The summed E-state index contributed by atoms with van der Waals surface area (Å²) in [5.74, 6) is 2.07. The average molecular weight is 524 g/mol. The highest BCUT2D eigenvalue weighted by Crippen LogP contribution is 2.26. The van der Waals surface area contributed by atoms with Crippen LogP contribution in [0.5, 0.6) is 0 Å². The van der Waals surface area contributed by atoms with Crippen LogP contribution in [0.1, 0.15) is 41.8 Å². The van der Waals surface area contributed by atoms with Crippen molar-refractivity contribution < 1.29 is 4.79 Å². The first-order valence-electron chi connectivity index (χ1n) is 12.5. The number of piperazine rings is 1. The van der Waals surface area contributed by atoms with E-state index in [1.54, 1.807) is 0 Å². The van der Waals surface area contributed by atoms with Gasteiger partial charge in [0.05, 0.1) is 0 Å². The van der Waals surface area contributed by atoms with Crippen LogP contribution in [-0.2, 0) is 12.3 Å². The summed E-state index contributed by atoms with van der Waals surface area (Å²) in [5, 5.41) is 4.10. The number of benzene rings is 2. The number of carbonyl (C=O) groups excluding carboxylic acids is 1. The molecule has 36 heavy (non-hydrogen) atoms. The Hall–Kier alpha value is -2.61. The number of amides is 1. The van der Waals surface area contributed by atoms with Crippen LogP contribution in [0.3, 0.4) is 0 Å². The van der Waals surface area contributed by atoms with Crippen molar-refractivity contribution in [2.24, 2.45) is 5.92 Å². The van der Waals surface area contributed by atoms with Crippen molar-refractivity contribution in [1.82, 2.24) is 20.2 Å². The zero-order valence-electron chi connectivity index (χ0n) is 21.0. The monoisotopic (exact) mass is 523 g/mol. The summed E-state index contributed by atoms with van der Waals surface area (Å²) >= 11 is 7.90. The number of nitrogens with one attached hydrogen (secondary N) is 1. The summed E-state index contributed by atoms with van der Waals surface area (Å²) in [6.45, 7) is 9.72. The third-order valence-electron chi connectivity index (χ3n) is 6.17. The van der Waals surface area contributed by atoms with Crippen LogP contribution < -0.4 is 10.2 Å². The Labute approximate surface area is 223 Å². The predicted molar refractivity (Wildman–Crippen MR) is 149 cm³/mol. The smallest absolute Gasteiger partial charge is 0.251 e. The fraction of sp³-hybridized carbons (Fsp3) is 0.393. The number of anilines is 1. The maximum absolute atomic E-state index is 12.5. The molecule has 2 aromatic carbocycles. The molecule has 0 radical (unpaired) electrons. The fourth-order valence-electron chi connectivity index (χ4n) is 4.12. The lowest BCUT2D eigenvalue weighted by molar-refractivity contribution is 0.0952. The molecule has 8 heteroatoms. The normalized spacial score (nSPS) is 14.3. The zero-order chi connectivity index (χ0) is 25.3.